The van der Waals surface area contributed by atoms with Crippen LogP contribution in [-0.2, 0) is 14.6 Å². The number of rotatable bonds is 7. The summed E-state index contributed by atoms with van der Waals surface area (Å²) in [6.07, 6.45) is -0.0275. The first kappa shape index (κ1) is 16.9. The molecule has 0 spiro atoms. The Balaban J connectivity index is 2.97. The number of carbonyl (C=O) groups is 1. The number of aliphatic hydroxyl groups is 1. The minimum Gasteiger partial charge on any atom is -0.393 e. The van der Waals surface area contributed by atoms with Gasteiger partial charge in [-0.05, 0) is 32.4 Å². The third-order valence-corrected chi connectivity index (χ3v) is 5.06. The predicted molar refractivity (Wildman–Crippen MR) is 78.3 cm³/mol. The third-order valence-electron chi connectivity index (χ3n) is 3.27. The molecule has 0 fully saturated rings. The van der Waals surface area contributed by atoms with Crippen molar-refractivity contribution in [3.8, 4) is 0 Å². The van der Waals surface area contributed by atoms with Crippen LogP contribution >= 0.6 is 0 Å². The fourth-order valence-electron chi connectivity index (χ4n) is 2.01. The molecule has 112 valence electrons. The standard InChI is InChI=1S/C15H22O4S/c1-4-5-15(17)14(12(3)16)10-20(18,19)13-8-6-11(2)7-9-13/h6-9,12,14,16H,4-5,10H2,1-3H3/t12-,14+/m0/s1. The maximum Gasteiger partial charge on any atom is 0.179 e. The monoisotopic (exact) mass is 298 g/mol. The molecule has 20 heavy (non-hydrogen) atoms. The number of aliphatic hydroxyl groups excluding tert-OH is 1. The molecule has 0 aliphatic carbocycles. The van der Waals surface area contributed by atoms with Gasteiger partial charge in [0.15, 0.2) is 9.84 Å². The van der Waals surface area contributed by atoms with Crippen LogP contribution in [0.4, 0.5) is 0 Å². The number of ketones is 1. The van der Waals surface area contributed by atoms with Crippen LogP contribution in [0.15, 0.2) is 29.2 Å². The first-order valence-electron chi connectivity index (χ1n) is 6.78. The maximum absolute atomic E-state index is 12.3. The fraction of sp³-hybridized carbons (Fsp3) is 0.533. The Bertz CT molecular complexity index is 544. The lowest BCUT2D eigenvalue weighted by Gasteiger charge is -2.18. The van der Waals surface area contributed by atoms with E-state index in [4.69, 9.17) is 0 Å². The van der Waals surface area contributed by atoms with Crippen LogP contribution in [0, 0.1) is 12.8 Å². The minimum atomic E-state index is -3.57. The molecule has 0 saturated heterocycles. The van der Waals surface area contributed by atoms with Gasteiger partial charge in [0, 0.05) is 6.42 Å². The Hall–Kier alpha value is -1.20. The Kier molecular flexibility index (Phi) is 5.89. The number of Topliss-reactive ketones (excluding diaryl/α,β-unsaturated/α-hetero) is 1. The molecule has 5 heteroatoms. The second-order valence-corrected chi connectivity index (χ2v) is 7.19. The van der Waals surface area contributed by atoms with Gasteiger partial charge in [-0.15, -0.1) is 0 Å². The number of aryl methyl sites for hydroxylation is 1. The summed E-state index contributed by atoms with van der Waals surface area (Å²) in [6, 6.07) is 6.51. The number of benzene rings is 1. The van der Waals surface area contributed by atoms with E-state index in [1.165, 1.54) is 19.1 Å². The van der Waals surface area contributed by atoms with Gasteiger partial charge < -0.3 is 5.11 Å². The van der Waals surface area contributed by atoms with E-state index in [0.717, 1.165) is 5.56 Å². The van der Waals surface area contributed by atoms with Crippen molar-refractivity contribution >= 4 is 15.6 Å². The van der Waals surface area contributed by atoms with Gasteiger partial charge in [0.1, 0.15) is 5.78 Å². The summed E-state index contributed by atoms with van der Waals surface area (Å²) >= 11 is 0. The van der Waals surface area contributed by atoms with E-state index in [-0.39, 0.29) is 16.4 Å². The molecule has 0 saturated carbocycles. The summed E-state index contributed by atoms with van der Waals surface area (Å²) in [6.45, 7) is 5.19. The lowest BCUT2D eigenvalue weighted by molar-refractivity contribution is -0.125. The predicted octanol–water partition coefficient (Wildman–Crippen LogP) is 2.13. The molecular weight excluding hydrogens is 276 g/mol. The van der Waals surface area contributed by atoms with E-state index >= 15 is 0 Å². The van der Waals surface area contributed by atoms with Gasteiger partial charge in [0.25, 0.3) is 0 Å². The molecule has 4 nitrogen and oxygen atoms in total. The van der Waals surface area contributed by atoms with Gasteiger partial charge in [0.2, 0.25) is 0 Å². The molecule has 0 amide bonds. The summed E-state index contributed by atoms with van der Waals surface area (Å²) in [7, 11) is -3.57. The minimum absolute atomic E-state index is 0.193. The summed E-state index contributed by atoms with van der Waals surface area (Å²) in [4.78, 5) is 12.1. The van der Waals surface area contributed by atoms with E-state index in [1.54, 1.807) is 12.1 Å². The SMILES string of the molecule is CCCC(=O)[C@H](CS(=O)(=O)c1ccc(C)cc1)[C@H](C)O. The van der Waals surface area contributed by atoms with Crippen molar-refractivity contribution in [1.82, 2.24) is 0 Å². The van der Waals surface area contributed by atoms with E-state index in [9.17, 15) is 18.3 Å². The molecule has 0 aliphatic rings. The van der Waals surface area contributed by atoms with Crippen LogP contribution in [0.25, 0.3) is 0 Å². The van der Waals surface area contributed by atoms with E-state index in [1.807, 2.05) is 13.8 Å². The zero-order valence-corrected chi connectivity index (χ0v) is 13.0. The molecule has 0 unspecified atom stereocenters. The zero-order chi connectivity index (χ0) is 15.3. The van der Waals surface area contributed by atoms with Crippen LogP contribution in [0.1, 0.15) is 32.3 Å². The second kappa shape index (κ2) is 6.99. The summed E-state index contributed by atoms with van der Waals surface area (Å²) in [5.74, 6) is -1.40. The lowest BCUT2D eigenvalue weighted by Crippen LogP contribution is -2.32. The average Bonchev–Trinajstić information content (AvgIpc) is 2.36. The Labute approximate surface area is 120 Å². The van der Waals surface area contributed by atoms with Crippen molar-refractivity contribution in [2.24, 2.45) is 5.92 Å². The molecule has 1 N–H and O–H groups in total. The number of carbonyl (C=O) groups excluding carboxylic acids is 1. The Morgan fingerprint density at radius 1 is 1.25 bits per heavy atom. The van der Waals surface area contributed by atoms with Crippen molar-refractivity contribution in [3.63, 3.8) is 0 Å². The van der Waals surface area contributed by atoms with Crippen LogP contribution in [0.3, 0.4) is 0 Å². The highest BCUT2D eigenvalue weighted by Gasteiger charge is 2.29. The number of sulfone groups is 1. The first-order chi connectivity index (χ1) is 9.27. The number of hydrogen-bond acceptors (Lipinski definition) is 4. The summed E-state index contributed by atoms with van der Waals surface area (Å²) < 4.78 is 24.6. The van der Waals surface area contributed by atoms with Crippen molar-refractivity contribution in [1.29, 1.82) is 0 Å². The smallest absolute Gasteiger partial charge is 0.179 e. The molecule has 1 aromatic carbocycles. The van der Waals surface area contributed by atoms with Gasteiger partial charge in [-0.25, -0.2) is 8.42 Å². The fourth-order valence-corrected chi connectivity index (χ4v) is 3.69. The topological polar surface area (TPSA) is 71.4 Å². The first-order valence-corrected chi connectivity index (χ1v) is 8.43. The zero-order valence-electron chi connectivity index (χ0n) is 12.2. The molecular formula is C15H22O4S. The van der Waals surface area contributed by atoms with Gasteiger partial charge in [-0.2, -0.15) is 0 Å². The molecule has 0 bridgehead atoms. The van der Waals surface area contributed by atoms with Crippen LogP contribution < -0.4 is 0 Å². The molecule has 1 aromatic rings. The van der Waals surface area contributed by atoms with Crippen molar-refractivity contribution in [3.05, 3.63) is 29.8 Å². The van der Waals surface area contributed by atoms with Crippen molar-refractivity contribution < 1.29 is 18.3 Å². The van der Waals surface area contributed by atoms with E-state index in [2.05, 4.69) is 0 Å². The molecule has 0 radical (unpaired) electrons. The van der Waals surface area contributed by atoms with Crippen LogP contribution in [0.5, 0.6) is 0 Å². The van der Waals surface area contributed by atoms with Crippen molar-refractivity contribution in [2.45, 2.75) is 44.6 Å². The van der Waals surface area contributed by atoms with Crippen LogP contribution in [0.2, 0.25) is 0 Å². The quantitative estimate of drug-likeness (QED) is 0.837. The molecule has 1 rings (SSSR count). The van der Waals surface area contributed by atoms with Crippen molar-refractivity contribution in [2.75, 3.05) is 5.75 Å². The van der Waals surface area contributed by atoms with Gasteiger partial charge in [-0.1, -0.05) is 24.6 Å². The average molecular weight is 298 g/mol. The molecule has 0 aromatic heterocycles. The summed E-state index contributed by atoms with van der Waals surface area (Å²) in [5, 5.41) is 9.68. The van der Waals surface area contributed by atoms with Gasteiger partial charge in [0.05, 0.1) is 22.7 Å². The highest BCUT2D eigenvalue weighted by molar-refractivity contribution is 7.91. The molecule has 0 aliphatic heterocycles. The third kappa shape index (κ3) is 4.42. The second-order valence-electron chi connectivity index (χ2n) is 5.16. The largest absolute Gasteiger partial charge is 0.393 e. The number of hydrogen-bond donors (Lipinski definition) is 1. The van der Waals surface area contributed by atoms with E-state index < -0.39 is 21.9 Å². The lowest BCUT2D eigenvalue weighted by atomic mass is 9.98. The Morgan fingerprint density at radius 3 is 2.25 bits per heavy atom. The summed E-state index contributed by atoms with van der Waals surface area (Å²) in [5.41, 5.74) is 0.970. The highest BCUT2D eigenvalue weighted by Crippen LogP contribution is 2.19. The van der Waals surface area contributed by atoms with Crippen LogP contribution in [-0.4, -0.2) is 31.2 Å². The van der Waals surface area contributed by atoms with Gasteiger partial charge >= 0.3 is 0 Å². The highest BCUT2D eigenvalue weighted by atomic mass is 32.2. The maximum atomic E-state index is 12.3. The molecule has 0 heterocycles. The van der Waals surface area contributed by atoms with Gasteiger partial charge in [-0.3, -0.25) is 4.79 Å². The molecule has 2 atom stereocenters. The van der Waals surface area contributed by atoms with E-state index in [0.29, 0.717) is 12.8 Å². The Morgan fingerprint density at radius 2 is 1.80 bits per heavy atom. The normalized spacial score (nSPS) is 14.8.